The number of anilines is 1. The van der Waals surface area contributed by atoms with E-state index in [4.69, 9.17) is 5.11 Å². The van der Waals surface area contributed by atoms with Crippen molar-refractivity contribution in [3.8, 4) is 0 Å². The van der Waals surface area contributed by atoms with E-state index in [1.807, 2.05) is 6.07 Å². The zero-order chi connectivity index (χ0) is 13.4. The van der Waals surface area contributed by atoms with Crippen molar-refractivity contribution < 1.29 is 9.90 Å². The largest absolute Gasteiger partial charge is 0.481 e. The highest BCUT2D eigenvalue weighted by molar-refractivity contribution is 9.10. The highest BCUT2D eigenvalue weighted by Crippen LogP contribution is 2.44. The zero-order valence-electron chi connectivity index (χ0n) is 10.8. The van der Waals surface area contributed by atoms with Gasteiger partial charge < -0.3 is 10.0 Å². The fourth-order valence-electron chi connectivity index (χ4n) is 3.76. The molecule has 3 nitrogen and oxygen atoms in total. The van der Waals surface area contributed by atoms with Gasteiger partial charge in [-0.2, -0.15) is 0 Å². The van der Waals surface area contributed by atoms with Gasteiger partial charge in [0.2, 0.25) is 0 Å². The van der Waals surface area contributed by atoms with Gasteiger partial charge in [0.1, 0.15) is 0 Å². The summed E-state index contributed by atoms with van der Waals surface area (Å²) in [4.78, 5) is 13.4. The molecule has 2 heterocycles. The zero-order valence-corrected chi connectivity index (χ0v) is 12.3. The lowest BCUT2D eigenvalue weighted by Gasteiger charge is -2.40. The van der Waals surface area contributed by atoms with E-state index in [0.717, 1.165) is 17.3 Å². The SMILES string of the molecule is O=C(O)CC1CC2CCC(C1)N2c1ccccc1Br. The molecule has 3 rings (SSSR count). The number of nitrogens with zero attached hydrogens (tertiary/aromatic N) is 1. The van der Waals surface area contributed by atoms with Crippen molar-refractivity contribution in [2.75, 3.05) is 4.90 Å². The molecule has 0 spiro atoms. The highest BCUT2D eigenvalue weighted by Gasteiger charge is 2.41. The summed E-state index contributed by atoms with van der Waals surface area (Å²) in [6.45, 7) is 0. The normalized spacial score (nSPS) is 29.5. The summed E-state index contributed by atoms with van der Waals surface area (Å²) in [7, 11) is 0. The van der Waals surface area contributed by atoms with E-state index in [9.17, 15) is 4.79 Å². The van der Waals surface area contributed by atoms with E-state index >= 15 is 0 Å². The van der Waals surface area contributed by atoms with Gasteiger partial charge in [-0.05, 0) is 59.7 Å². The molecule has 19 heavy (non-hydrogen) atoms. The minimum absolute atomic E-state index is 0.330. The lowest BCUT2D eigenvalue weighted by Crippen LogP contribution is -2.43. The number of halogens is 1. The highest BCUT2D eigenvalue weighted by atomic mass is 79.9. The van der Waals surface area contributed by atoms with Crippen LogP contribution in [0.1, 0.15) is 32.1 Å². The number of para-hydroxylation sites is 1. The van der Waals surface area contributed by atoms with Crippen molar-refractivity contribution in [3.05, 3.63) is 28.7 Å². The van der Waals surface area contributed by atoms with Gasteiger partial charge in [0.15, 0.2) is 0 Å². The molecule has 0 aromatic heterocycles. The quantitative estimate of drug-likeness (QED) is 0.922. The fourth-order valence-corrected chi connectivity index (χ4v) is 4.25. The first-order chi connectivity index (χ1) is 9.15. The van der Waals surface area contributed by atoms with Gasteiger partial charge in [-0.25, -0.2) is 0 Å². The summed E-state index contributed by atoms with van der Waals surface area (Å²) in [5.41, 5.74) is 1.27. The third kappa shape index (κ3) is 2.50. The second-order valence-electron chi connectivity index (χ2n) is 5.68. The van der Waals surface area contributed by atoms with Crippen LogP contribution in [0.3, 0.4) is 0 Å². The van der Waals surface area contributed by atoms with E-state index in [1.165, 1.54) is 18.5 Å². The smallest absolute Gasteiger partial charge is 0.303 e. The molecule has 2 unspecified atom stereocenters. The molecule has 1 aromatic carbocycles. The summed E-state index contributed by atoms with van der Waals surface area (Å²) >= 11 is 3.63. The topological polar surface area (TPSA) is 40.5 Å². The van der Waals surface area contributed by atoms with Crippen LogP contribution in [-0.4, -0.2) is 23.2 Å². The van der Waals surface area contributed by atoms with E-state index < -0.39 is 5.97 Å². The van der Waals surface area contributed by atoms with Crippen molar-refractivity contribution in [2.45, 2.75) is 44.2 Å². The maximum Gasteiger partial charge on any atom is 0.303 e. The molecule has 1 N–H and O–H groups in total. The number of benzene rings is 1. The van der Waals surface area contributed by atoms with E-state index in [2.05, 4.69) is 39.0 Å². The molecule has 1 aromatic rings. The number of hydrogen-bond acceptors (Lipinski definition) is 2. The molecule has 4 heteroatoms. The minimum atomic E-state index is -0.654. The molecule has 2 saturated heterocycles. The van der Waals surface area contributed by atoms with E-state index in [0.29, 0.717) is 24.4 Å². The summed E-state index contributed by atoms with van der Waals surface area (Å²) < 4.78 is 1.14. The Kier molecular flexibility index (Phi) is 3.52. The van der Waals surface area contributed by atoms with Gasteiger partial charge in [0, 0.05) is 23.0 Å². The molecular formula is C15H18BrNO2. The van der Waals surface area contributed by atoms with Crippen LogP contribution in [0.15, 0.2) is 28.7 Å². The van der Waals surface area contributed by atoms with Crippen LogP contribution in [0.5, 0.6) is 0 Å². The van der Waals surface area contributed by atoms with Gasteiger partial charge in [-0.1, -0.05) is 12.1 Å². The van der Waals surface area contributed by atoms with Gasteiger partial charge >= 0.3 is 5.97 Å². The molecular weight excluding hydrogens is 306 g/mol. The molecule has 0 amide bonds. The van der Waals surface area contributed by atoms with Crippen LogP contribution >= 0.6 is 15.9 Å². The number of carboxylic acid groups (broad SMARTS) is 1. The molecule has 2 aliphatic rings. The molecule has 2 bridgehead atoms. The van der Waals surface area contributed by atoms with Crippen LogP contribution in [0.4, 0.5) is 5.69 Å². The number of aliphatic carboxylic acids is 1. The second kappa shape index (κ2) is 5.16. The summed E-state index contributed by atoms with van der Waals surface area (Å²) in [5, 5.41) is 8.96. The molecule has 102 valence electrons. The Labute approximate surface area is 121 Å². The Morgan fingerprint density at radius 3 is 2.47 bits per heavy atom. The van der Waals surface area contributed by atoms with Crippen molar-refractivity contribution >= 4 is 27.6 Å². The second-order valence-corrected chi connectivity index (χ2v) is 6.53. The first-order valence-corrected chi connectivity index (χ1v) is 7.69. The van der Waals surface area contributed by atoms with E-state index in [-0.39, 0.29) is 0 Å². The lowest BCUT2D eigenvalue weighted by atomic mass is 9.88. The third-order valence-electron chi connectivity index (χ3n) is 4.42. The van der Waals surface area contributed by atoms with Gasteiger partial charge in [0.05, 0.1) is 5.69 Å². The molecule has 2 atom stereocenters. The number of hydrogen-bond donors (Lipinski definition) is 1. The predicted molar refractivity (Wildman–Crippen MR) is 78.4 cm³/mol. The number of fused-ring (bicyclic) bond motifs is 2. The van der Waals surface area contributed by atoms with Gasteiger partial charge in [-0.15, -0.1) is 0 Å². The lowest BCUT2D eigenvalue weighted by molar-refractivity contribution is -0.138. The van der Waals surface area contributed by atoms with Crippen LogP contribution < -0.4 is 4.90 Å². The average Bonchev–Trinajstić information content (AvgIpc) is 2.62. The summed E-state index contributed by atoms with van der Waals surface area (Å²) in [5.74, 6) is -0.299. The van der Waals surface area contributed by atoms with Gasteiger partial charge in [-0.3, -0.25) is 4.79 Å². The van der Waals surface area contributed by atoms with Crippen molar-refractivity contribution in [3.63, 3.8) is 0 Å². The molecule has 0 aliphatic carbocycles. The molecule has 0 radical (unpaired) electrons. The van der Waals surface area contributed by atoms with Crippen LogP contribution in [0, 0.1) is 5.92 Å². The Hall–Kier alpha value is -1.03. The molecule has 0 saturated carbocycles. The Bertz CT molecular complexity index is 477. The monoisotopic (exact) mass is 323 g/mol. The maximum atomic E-state index is 10.9. The maximum absolute atomic E-state index is 10.9. The van der Waals surface area contributed by atoms with Crippen molar-refractivity contribution in [1.82, 2.24) is 0 Å². The van der Waals surface area contributed by atoms with Crippen LogP contribution in [0.2, 0.25) is 0 Å². The Balaban J connectivity index is 1.80. The predicted octanol–water partition coefficient (Wildman–Crippen LogP) is 3.67. The standard InChI is InChI=1S/C15H18BrNO2/c16-13-3-1-2-4-14(13)17-11-5-6-12(17)8-10(7-11)9-15(18)19/h1-4,10-12H,5-9H2,(H,18,19). The first kappa shape index (κ1) is 13.0. The Morgan fingerprint density at radius 2 is 1.89 bits per heavy atom. The number of carboxylic acids is 1. The molecule has 2 fully saturated rings. The summed E-state index contributed by atoms with van der Waals surface area (Å²) in [6, 6.07) is 9.38. The van der Waals surface area contributed by atoms with Crippen molar-refractivity contribution in [2.24, 2.45) is 5.92 Å². The summed E-state index contributed by atoms with van der Waals surface area (Å²) in [6.07, 6.45) is 4.76. The van der Waals surface area contributed by atoms with Crippen LogP contribution in [0.25, 0.3) is 0 Å². The number of rotatable bonds is 3. The Morgan fingerprint density at radius 1 is 1.26 bits per heavy atom. The number of carbonyl (C=O) groups is 1. The minimum Gasteiger partial charge on any atom is -0.481 e. The first-order valence-electron chi connectivity index (χ1n) is 6.90. The van der Waals surface area contributed by atoms with Crippen LogP contribution in [-0.2, 0) is 4.79 Å². The third-order valence-corrected chi connectivity index (χ3v) is 5.10. The molecule has 2 aliphatic heterocycles. The average molecular weight is 324 g/mol. The van der Waals surface area contributed by atoms with Crippen molar-refractivity contribution in [1.29, 1.82) is 0 Å². The number of piperidine rings is 1. The van der Waals surface area contributed by atoms with Gasteiger partial charge in [0.25, 0.3) is 0 Å². The van der Waals surface area contributed by atoms with E-state index in [1.54, 1.807) is 0 Å². The fraction of sp³-hybridized carbons (Fsp3) is 0.533.